The molecular weight excluding hydrogens is 222 g/mol. The van der Waals surface area contributed by atoms with Gasteiger partial charge in [-0.05, 0) is 18.5 Å². The van der Waals surface area contributed by atoms with Crippen molar-refractivity contribution in [2.24, 2.45) is 5.73 Å². The van der Waals surface area contributed by atoms with Gasteiger partial charge in [-0.15, -0.1) is 0 Å². The van der Waals surface area contributed by atoms with E-state index in [4.69, 9.17) is 5.73 Å². The summed E-state index contributed by atoms with van der Waals surface area (Å²) < 4.78 is 0. The van der Waals surface area contributed by atoms with Crippen molar-refractivity contribution in [2.45, 2.75) is 19.4 Å². The Kier molecular flexibility index (Phi) is 4.59. The first-order valence-corrected chi connectivity index (χ1v) is 5.30. The second-order valence-electron chi connectivity index (χ2n) is 3.64. The predicted octanol–water partition coefficient (Wildman–Crippen LogP) is 0.601. The van der Waals surface area contributed by atoms with E-state index in [0.29, 0.717) is 13.0 Å². The minimum atomic E-state index is -0.459. The summed E-state index contributed by atoms with van der Waals surface area (Å²) in [5.41, 5.74) is 6.11. The minimum Gasteiger partial charge on any atom is -0.368 e. The van der Waals surface area contributed by atoms with E-state index in [1.54, 1.807) is 12.1 Å². The average molecular weight is 237 g/mol. The fraction of sp³-hybridized carbons (Fsp3) is 0.364. The largest absolute Gasteiger partial charge is 0.368 e. The van der Waals surface area contributed by atoms with Crippen LogP contribution in [-0.2, 0) is 11.2 Å². The summed E-state index contributed by atoms with van der Waals surface area (Å²) in [5, 5.41) is 13.4. The van der Waals surface area contributed by atoms with E-state index in [0.717, 1.165) is 5.56 Å². The molecule has 17 heavy (non-hydrogen) atoms. The van der Waals surface area contributed by atoms with E-state index < -0.39 is 16.9 Å². The smallest absolute Gasteiger partial charge is 0.269 e. The van der Waals surface area contributed by atoms with Crippen LogP contribution >= 0.6 is 0 Å². The molecule has 6 heteroatoms. The number of nitro benzene ring substituents is 1. The zero-order valence-electron chi connectivity index (χ0n) is 9.55. The first kappa shape index (κ1) is 13.1. The van der Waals surface area contributed by atoms with Gasteiger partial charge in [0.1, 0.15) is 0 Å². The molecule has 0 fully saturated rings. The van der Waals surface area contributed by atoms with Gasteiger partial charge in [0.25, 0.3) is 5.69 Å². The SMILES string of the molecule is CCN[C@@H](Cc1ccc([N+](=O)[O-])cc1)C(N)=O. The Labute approximate surface area is 99.0 Å². The van der Waals surface area contributed by atoms with Gasteiger partial charge in [-0.25, -0.2) is 0 Å². The monoisotopic (exact) mass is 237 g/mol. The molecule has 1 atom stereocenters. The Morgan fingerprint density at radius 1 is 1.47 bits per heavy atom. The summed E-state index contributed by atoms with van der Waals surface area (Å²) in [7, 11) is 0. The highest BCUT2D eigenvalue weighted by Crippen LogP contribution is 2.13. The van der Waals surface area contributed by atoms with Crippen molar-refractivity contribution in [1.82, 2.24) is 5.32 Å². The summed E-state index contributed by atoms with van der Waals surface area (Å²) in [4.78, 5) is 21.1. The van der Waals surface area contributed by atoms with Gasteiger partial charge in [-0.3, -0.25) is 14.9 Å². The number of hydrogen-bond donors (Lipinski definition) is 2. The standard InChI is InChI=1S/C11H15N3O3/c1-2-13-10(11(12)15)7-8-3-5-9(6-4-8)14(16)17/h3-6,10,13H,2,7H2,1H3,(H2,12,15)/t10-/m0/s1. The Morgan fingerprint density at radius 2 is 2.06 bits per heavy atom. The fourth-order valence-corrected chi connectivity index (χ4v) is 1.51. The molecule has 0 unspecified atom stereocenters. The van der Waals surface area contributed by atoms with Gasteiger partial charge >= 0.3 is 0 Å². The Morgan fingerprint density at radius 3 is 2.47 bits per heavy atom. The van der Waals surface area contributed by atoms with E-state index in [9.17, 15) is 14.9 Å². The maximum atomic E-state index is 11.1. The highest BCUT2D eigenvalue weighted by molar-refractivity contribution is 5.80. The molecule has 92 valence electrons. The number of carbonyl (C=O) groups is 1. The maximum absolute atomic E-state index is 11.1. The molecule has 0 aliphatic carbocycles. The summed E-state index contributed by atoms with van der Waals surface area (Å²) in [6.07, 6.45) is 0.432. The van der Waals surface area contributed by atoms with Crippen LogP contribution in [0.5, 0.6) is 0 Å². The Bertz CT molecular complexity index is 403. The predicted molar refractivity (Wildman–Crippen MR) is 63.5 cm³/mol. The molecule has 0 radical (unpaired) electrons. The molecule has 0 saturated heterocycles. The lowest BCUT2D eigenvalue weighted by Gasteiger charge is -2.13. The number of carbonyl (C=O) groups excluding carboxylic acids is 1. The Hall–Kier alpha value is -1.95. The van der Waals surface area contributed by atoms with Crippen LogP contribution in [0.2, 0.25) is 0 Å². The number of non-ortho nitro benzene ring substituents is 1. The number of nitrogens with one attached hydrogen (secondary N) is 1. The third-order valence-electron chi connectivity index (χ3n) is 2.38. The quantitative estimate of drug-likeness (QED) is 0.559. The number of hydrogen-bond acceptors (Lipinski definition) is 4. The van der Waals surface area contributed by atoms with Crippen LogP contribution < -0.4 is 11.1 Å². The van der Waals surface area contributed by atoms with Crippen molar-refractivity contribution in [3.05, 3.63) is 39.9 Å². The number of nitro groups is 1. The van der Waals surface area contributed by atoms with E-state index in [2.05, 4.69) is 5.32 Å². The van der Waals surface area contributed by atoms with Crippen molar-refractivity contribution < 1.29 is 9.72 Å². The molecule has 0 bridgehead atoms. The van der Waals surface area contributed by atoms with Gasteiger partial charge < -0.3 is 11.1 Å². The molecule has 0 spiro atoms. The van der Waals surface area contributed by atoms with E-state index in [1.807, 2.05) is 6.92 Å². The van der Waals surface area contributed by atoms with Crippen molar-refractivity contribution in [3.8, 4) is 0 Å². The third-order valence-corrected chi connectivity index (χ3v) is 2.38. The zero-order valence-corrected chi connectivity index (χ0v) is 9.55. The highest BCUT2D eigenvalue weighted by atomic mass is 16.6. The molecule has 6 nitrogen and oxygen atoms in total. The highest BCUT2D eigenvalue weighted by Gasteiger charge is 2.14. The molecule has 3 N–H and O–H groups in total. The molecule has 1 aromatic carbocycles. The lowest BCUT2D eigenvalue weighted by molar-refractivity contribution is -0.384. The van der Waals surface area contributed by atoms with Gasteiger partial charge in [-0.2, -0.15) is 0 Å². The van der Waals surface area contributed by atoms with Crippen molar-refractivity contribution in [2.75, 3.05) is 6.54 Å². The lowest BCUT2D eigenvalue weighted by Crippen LogP contribution is -2.42. The molecular formula is C11H15N3O3. The first-order chi connectivity index (χ1) is 8.04. The van der Waals surface area contributed by atoms with Crippen LogP contribution in [0.1, 0.15) is 12.5 Å². The second kappa shape index (κ2) is 5.95. The van der Waals surface area contributed by atoms with Gasteiger partial charge in [0, 0.05) is 12.1 Å². The fourth-order valence-electron chi connectivity index (χ4n) is 1.51. The van der Waals surface area contributed by atoms with Crippen LogP contribution in [0.25, 0.3) is 0 Å². The summed E-state index contributed by atoms with van der Waals surface area (Å²) in [6, 6.07) is 5.65. The summed E-state index contributed by atoms with van der Waals surface area (Å²) >= 11 is 0. The van der Waals surface area contributed by atoms with E-state index in [-0.39, 0.29) is 5.69 Å². The molecule has 0 heterocycles. The number of likely N-dealkylation sites (N-methyl/N-ethyl adjacent to an activating group) is 1. The topological polar surface area (TPSA) is 98.3 Å². The molecule has 0 aliphatic heterocycles. The molecule has 1 amide bonds. The third kappa shape index (κ3) is 3.84. The van der Waals surface area contributed by atoms with Crippen LogP contribution in [0, 0.1) is 10.1 Å². The molecule has 1 aromatic rings. The van der Waals surface area contributed by atoms with E-state index in [1.165, 1.54) is 12.1 Å². The molecule has 0 aliphatic rings. The van der Waals surface area contributed by atoms with Crippen LogP contribution in [0.4, 0.5) is 5.69 Å². The minimum absolute atomic E-state index is 0.0350. The lowest BCUT2D eigenvalue weighted by atomic mass is 10.1. The number of benzene rings is 1. The number of primary amides is 1. The van der Waals surface area contributed by atoms with E-state index >= 15 is 0 Å². The maximum Gasteiger partial charge on any atom is 0.269 e. The number of rotatable bonds is 6. The molecule has 0 aromatic heterocycles. The van der Waals surface area contributed by atoms with Crippen LogP contribution in [-0.4, -0.2) is 23.4 Å². The van der Waals surface area contributed by atoms with Gasteiger partial charge in [-0.1, -0.05) is 19.1 Å². The average Bonchev–Trinajstić information content (AvgIpc) is 2.29. The van der Waals surface area contributed by atoms with Gasteiger partial charge in [0.2, 0.25) is 5.91 Å². The van der Waals surface area contributed by atoms with Crippen LogP contribution in [0.15, 0.2) is 24.3 Å². The summed E-state index contributed by atoms with van der Waals surface area (Å²) in [5.74, 6) is -0.426. The summed E-state index contributed by atoms with van der Waals surface area (Å²) in [6.45, 7) is 2.52. The van der Waals surface area contributed by atoms with Crippen molar-refractivity contribution in [1.29, 1.82) is 0 Å². The van der Waals surface area contributed by atoms with Gasteiger partial charge in [0.15, 0.2) is 0 Å². The molecule has 0 saturated carbocycles. The number of nitrogens with zero attached hydrogens (tertiary/aromatic N) is 1. The first-order valence-electron chi connectivity index (χ1n) is 5.30. The Balaban J connectivity index is 2.73. The normalized spacial score (nSPS) is 12.1. The molecule has 1 rings (SSSR count). The number of nitrogens with two attached hydrogens (primary N) is 1. The van der Waals surface area contributed by atoms with Crippen molar-refractivity contribution >= 4 is 11.6 Å². The van der Waals surface area contributed by atoms with Crippen molar-refractivity contribution in [3.63, 3.8) is 0 Å². The van der Waals surface area contributed by atoms with Crippen LogP contribution in [0.3, 0.4) is 0 Å². The van der Waals surface area contributed by atoms with Gasteiger partial charge in [0.05, 0.1) is 11.0 Å². The zero-order chi connectivity index (χ0) is 12.8. The number of amides is 1. The second-order valence-corrected chi connectivity index (χ2v) is 3.64.